The van der Waals surface area contributed by atoms with Crippen LogP contribution in [0.15, 0.2) is 12.2 Å². The fourth-order valence-corrected chi connectivity index (χ4v) is 1.82. The summed E-state index contributed by atoms with van der Waals surface area (Å²) in [7, 11) is 0. The Hall–Kier alpha value is -0.590. The van der Waals surface area contributed by atoms with Crippen LogP contribution in [0.5, 0.6) is 0 Å². The molecule has 1 heteroatoms. The van der Waals surface area contributed by atoms with Crippen molar-refractivity contribution in [1.29, 1.82) is 0 Å². The maximum absolute atomic E-state index is 8.00. The normalized spacial score (nSPS) is 19.7. The summed E-state index contributed by atoms with van der Waals surface area (Å²) in [5, 5.41) is 0. The molecular weight excluding hydrogens is 172 g/mol. The summed E-state index contributed by atoms with van der Waals surface area (Å²) in [4.78, 5) is 8.00. The number of carbonyl (C=O) groups excluding carboxylic acids is 1. The molecule has 1 aliphatic carbocycles. The molecule has 0 bridgehead atoms. The van der Waals surface area contributed by atoms with Gasteiger partial charge in [-0.2, -0.15) is 0 Å². The van der Waals surface area contributed by atoms with Gasteiger partial charge in [0, 0.05) is 0 Å². The molecule has 1 rings (SSSR count). The molecule has 82 valence electrons. The smallest absolute Gasteiger partial charge is 0.106 e. The van der Waals surface area contributed by atoms with Crippen LogP contribution in [0, 0.1) is 0 Å². The van der Waals surface area contributed by atoms with E-state index in [0.29, 0.717) is 0 Å². The van der Waals surface area contributed by atoms with E-state index in [9.17, 15) is 0 Å². The fourth-order valence-electron chi connectivity index (χ4n) is 1.82. The summed E-state index contributed by atoms with van der Waals surface area (Å²) < 4.78 is 0. The van der Waals surface area contributed by atoms with Crippen LogP contribution >= 0.6 is 0 Å². The van der Waals surface area contributed by atoms with Gasteiger partial charge in [0.05, 0.1) is 0 Å². The SMILES string of the molecule is C1=CCCCCCCCCCC1.C=O. The molecule has 0 spiro atoms. The average molecular weight is 196 g/mol. The second-order valence-corrected chi connectivity index (χ2v) is 3.88. The summed E-state index contributed by atoms with van der Waals surface area (Å²) in [5.74, 6) is 0. The van der Waals surface area contributed by atoms with Crippen LogP contribution < -0.4 is 0 Å². The van der Waals surface area contributed by atoms with E-state index in [4.69, 9.17) is 4.79 Å². The molecule has 0 aliphatic heterocycles. The predicted molar refractivity (Wildman–Crippen MR) is 62.4 cm³/mol. The summed E-state index contributed by atoms with van der Waals surface area (Å²) in [6.45, 7) is 2.00. The van der Waals surface area contributed by atoms with E-state index in [0.717, 1.165) is 0 Å². The Bertz CT molecular complexity index is 115. The molecule has 0 heterocycles. The molecule has 0 fully saturated rings. The van der Waals surface area contributed by atoms with Crippen LogP contribution in [-0.4, -0.2) is 6.79 Å². The van der Waals surface area contributed by atoms with Crippen LogP contribution in [0.1, 0.15) is 64.2 Å². The Morgan fingerprint density at radius 2 is 0.857 bits per heavy atom. The van der Waals surface area contributed by atoms with E-state index in [1.54, 1.807) is 0 Å². The van der Waals surface area contributed by atoms with Crippen molar-refractivity contribution >= 4 is 6.79 Å². The molecule has 0 aromatic rings. The van der Waals surface area contributed by atoms with E-state index in [1.807, 2.05) is 6.79 Å². The average Bonchev–Trinajstić information content (AvgIpc) is 2.22. The van der Waals surface area contributed by atoms with Crippen LogP contribution in [0.3, 0.4) is 0 Å². The lowest BCUT2D eigenvalue weighted by atomic mass is 10.0. The van der Waals surface area contributed by atoms with Crippen LogP contribution in [0.4, 0.5) is 0 Å². The van der Waals surface area contributed by atoms with E-state index in [2.05, 4.69) is 12.2 Å². The zero-order valence-electron chi connectivity index (χ0n) is 9.34. The standard InChI is InChI=1S/C12H22.CH2O/c1-2-4-6-8-10-12-11-9-7-5-3-1;1-2/h1-2H,3-12H2;1H2. The zero-order valence-corrected chi connectivity index (χ0v) is 9.34. The van der Waals surface area contributed by atoms with Gasteiger partial charge in [0.1, 0.15) is 6.79 Å². The molecule has 0 amide bonds. The Morgan fingerprint density at radius 1 is 0.571 bits per heavy atom. The van der Waals surface area contributed by atoms with Crippen molar-refractivity contribution in [3.8, 4) is 0 Å². The molecule has 1 aliphatic rings. The third kappa shape index (κ3) is 9.50. The third-order valence-electron chi connectivity index (χ3n) is 2.66. The Kier molecular flexibility index (Phi) is 11.9. The fraction of sp³-hybridized carbons (Fsp3) is 0.769. The van der Waals surface area contributed by atoms with Crippen LogP contribution in [0.25, 0.3) is 0 Å². The molecule has 14 heavy (non-hydrogen) atoms. The molecule has 0 aromatic heterocycles. The first kappa shape index (κ1) is 13.4. The number of rotatable bonds is 0. The minimum absolute atomic E-state index is 1.32. The van der Waals surface area contributed by atoms with E-state index < -0.39 is 0 Å². The second kappa shape index (κ2) is 12.4. The van der Waals surface area contributed by atoms with Gasteiger partial charge in [0.2, 0.25) is 0 Å². The highest BCUT2D eigenvalue weighted by Crippen LogP contribution is 2.12. The van der Waals surface area contributed by atoms with Gasteiger partial charge in [-0.3, -0.25) is 0 Å². The summed E-state index contributed by atoms with van der Waals surface area (Å²) in [6.07, 6.45) is 19.0. The molecule has 0 radical (unpaired) electrons. The minimum atomic E-state index is 1.32. The Labute approximate surface area is 88.6 Å². The minimum Gasteiger partial charge on any atom is -0.307 e. The van der Waals surface area contributed by atoms with Crippen molar-refractivity contribution in [2.45, 2.75) is 64.2 Å². The molecule has 0 saturated carbocycles. The third-order valence-corrected chi connectivity index (χ3v) is 2.66. The highest BCUT2D eigenvalue weighted by Gasteiger charge is 1.92. The van der Waals surface area contributed by atoms with Gasteiger partial charge in [-0.15, -0.1) is 0 Å². The Morgan fingerprint density at radius 3 is 1.21 bits per heavy atom. The number of carbonyl (C=O) groups is 1. The molecule has 0 N–H and O–H groups in total. The predicted octanol–water partition coefficient (Wildman–Crippen LogP) is 4.27. The molecule has 0 saturated heterocycles. The van der Waals surface area contributed by atoms with Gasteiger partial charge in [0.15, 0.2) is 0 Å². The molecule has 0 unspecified atom stereocenters. The summed E-state index contributed by atoms with van der Waals surface area (Å²) >= 11 is 0. The lowest BCUT2D eigenvalue weighted by Crippen LogP contribution is -1.82. The van der Waals surface area contributed by atoms with Crippen molar-refractivity contribution < 1.29 is 4.79 Å². The lowest BCUT2D eigenvalue weighted by molar-refractivity contribution is -0.0979. The monoisotopic (exact) mass is 196 g/mol. The highest BCUT2D eigenvalue weighted by atomic mass is 16.1. The van der Waals surface area contributed by atoms with E-state index in [1.165, 1.54) is 64.2 Å². The van der Waals surface area contributed by atoms with Crippen molar-refractivity contribution in [3.05, 3.63) is 12.2 Å². The summed E-state index contributed by atoms with van der Waals surface area (Å²) in [5.41, 5.74) is 0. The zero-order chi connectivity index (χ0) is 10.5. The first-order chi connectivity index (χ1) is 7.00. The van der Waals surface area contributed by atoms with Gasteiger partial charge in [-0.25, -0.2) is 0 Å². The van der Waals surface area contributed by atoms with Crippen LogP contribution in [0.2, 0.25) is 0 Å². The van der Waals surface area contributed by atoms with Gasteiger partial charge in [0.25, 0.3) is 0 Å². The molecule has 0 atom stereocenters. The number of hydrogen-bond acceptors (Lipinski definition) is 1. The number of allylic oxidation sites excluding steroid dienone is 2. The van der Waals surface area contributed by atoms with E-state index in [-0.39, 0.29) is 0 Å². The largest absolute Gasteiger partial charge is 0.307 e. The van der Waals surface area contributed by atoms with Crippen molar-refractivity contribution in [2.75, 3.05) is 0 Å². The van der Waals surface area contributed by atoms with Crippen LogP contribution in [-0.2, 0) is 4.79 Å². The Balaban J connectivity index is 0.000000791. The van der Waals surface area contributed by atoms with Crippen molar-refractivity contribution in [1.82, 2.24) is 0 Å². The quantitative estimate of drug-likeness (QED) is 0.529. The van der Waals surface area contributed by atoms with Gasteiger partial charge >= 0.3 is 0 Å². The summed E-state index contributed by atoms with van der Waals surface area (Å²) in [6, 6.07) is 0. The van der Waals surface area contributed by atoms with Gasteiger partial charge < -0.3 is 4.79 Å². The van der Waals surface area contributed by atoms with Gasteiger partial charge in [-0.05, 0) is 25.7 Å². The first-order valence-electron chi connectivity index (χ1n) is 5.94. The van der Waals surface area contributed by atoms with Crippen molar-refractivity contribution in [2.24, 2.45) is 0 Å². The number of hydrogen-bond donors (Lipinski definition) is 0. The van der Waals surface area contributed by atoms with Crippen molar-refractivity contribution in [3.63, 3.8) is 0 Å². The lowest BCUT2D eigenvalue weighted by Gasteiger charge is -2.02. The molecule has 0 aromatic carbocycles. The molecular formula is C13H24O. The first-order valence-corrected chi connectivity index (χ1v) is 5.94. The maximum atomic E-state index is 8.00. The second-order valence-electron chi connectivity index (χ2n) is 3.88. The highest BCUT2D eigenvalue weighted by molar-refractivity contribution is 5.10. The van der Waals surface area contributed by atoms with E-state index >= 15 is 0 Å². The molecule has 1 nitrogen and oxygen atoms in total. The maximum Gasteiger partial charge on any atom is 0.106 e. The van der Waals surface area contributed by atoms with Gasteiger partial charge in [-0.1, -0.05) is 50.7 Å². The topological polar surface area (TPSA) is 17.1 Å².